The summed E-state index contributed by atoms with van der Waals surface area (Å²) in [6.45, 7) is 3.90. The lowest BCUT2D eigenvalue weighted by Gasteiger charge is -2.05. The summed E-state index contributed by atoms with van der Waals surface area (Å²) in [5, 5.41) is 7.41. The van der Waals surface area contributed by atoms with E-state index in [4.69, 9.17) is 10.1 Å². The first-order valence-electron chi connectivity index (χ1n) is 4.13. The largest absolute Gasteiger partial charge is 0.478 e. The highest BCUT2D eigenvalue weighted by molar-refractivity contribution is 5.91. The summed E-state index contributed by atoms with van der Waals surface area (Å²) in [4.78, 5) is 0. The van der Waals surface area contributed by atoms with Crippen molar-refractivity contribution in [2.75, 3.05) is 6.61 Å². The molecule has 0 amide bonds. The van der Waals surface area contributed by atoms with E-state index in [9.17, 15) is 4.39 Å². The highest BCUT2D eigenvalue weighted by Gasteiger charge is 2.04. The number of aryl methyl sites for hydroxylation is 1. The van der Waals surface area contributed by atoms with Crippen molar-refractivity contribution < 1.29 is 9.13 Å². The van der Waals surface area contributed by atoms with Crippen molar-refractivity contribution in [1.29, 1.82) is 5.41 Å². The third-order valence-corrected chi connectivity index (χ3v) is 1.72. The van der Waals surface area contributed by atoms with Crippen LogP contribution in [-0.4, -0.2) is 12.5 Å². The maximum atomic E-state index is 13.0. The van der Waals surface area contributed by atoms with Crippen LogP contribution < -0.4 is 0 Å². The Labute approximate surface area is 76.9 Å². The molecule has 0 aliphatic rings. The van der Waals surface area contributed by atoms with E-state index in [1.807, 2.05) is 0 Å². The molecule has 0 bridgehead atoms. The molecule has 0 heterocycles. The van der Waals surface area contributed by atoms with E-state index >= 15 is 0 Å². The Bertz CT molecular complexity index is 323. The Kier molecular flexibility index (Phi) is 3.01. The zero-order chi connectivity index (χ0) is 9.84. The van der Waals surface area contributed by atoms with Crippen LogP contribution in [0.2, 0.25) is 0 Å². The van der Waals surface area contributed by atoms with Gasteiger partial charge >= 0.3 is 0 Å². The fraction of sp³-hybridized carbons (Fsp3) is 0.300. The Morgan fingerprint density at radius 3 is 2.77 bits per heavy atom. The van der Waals surface area contributed by atoms with Gasteiger partial charge < -0.3 is 4.74 Å². The Morgan fingerprint density at radius 2 is 2.23 bits per heavy atom. The number of nitrogens with one attached hydrogen (secondary N) is 1. The van der Waals surface area contributed by atoms with Gasteiger partial charge in [0.2, 0.25) is 5.90 Å². The first kappa shape index (κ1) is 9.71. The van der Waals surface area contributed by atoms with Crippen LogP contribution in [-0.2, 0) is 4.74 Å². The number of halogens is 1. The van der Waals surface area contributed by atoms with Gasteiger partial charge in [-0.25, -0.2) is 4.39 Å². The number of ether oxygens (including phenoxy) is 1. The number of hydrogen-bond acceptors (Lipinski definition) is 2. The van der Waals surface area contributed by atoms with Gasteiger partial charge in [0.05, 0.1) is 6.61 Å². The molecule has 0 radical (unpaired) electrons. The zero-order valence-electron chi connectivity index (χ0n) is 7.73. The summed E-state index contributed by atoms with van der Waals surface area (Å²) in [6.07, 6.45) is 0. The van der Waals surface area contributed by atoms with E-state index in [0.717, 1.165) is 0 Å². The van der Waals surface area contributed by atoms with Crippen LogP contribution in [0.5, 0.6) is 0 Å². The van der Waals surface area contributed by atoms with Crippen LogP contribution in [0.15, 0.2) is 18.2 Å². The molecular weight excluding hydrogens is 169 g/mol. The van der Waals surface area contributed by atoms with Crippen LogP contribution in [0.25, 0.3) is 0 Å². The molecule has 0 saturated carbocycles. The van der Waals surface area contributed by atoms with Crippen molar-refractivity contribution in [3.8, 4) is 0 Å². The van der Waals surface area contributed by atoms with Gasteiger partial charge in [0.1, 0.15) is 5.82 Å². The van der Waals surface area contributed by atoms with Crippen molar-refractivity contribution in [1.82, 2.24) is 0 Å². The summed E-state index contributed by atoms with van der Waals surface area (Å²) in [5.41, 5.74) is 1.05. The normalized spacial score (nSPS) is 9.77. The van der Waals surface area contributed by atoms with Gasteiger partial charge in [-0.2, -0.15) is 0 Å². The van der Waals surface area contributed by atoms with E-state index < -0.39 is 0 Å². The van der Waals surface area contributed by atoms with Crippen molar-refractivity contribution in [3.05, 3.63) is 35.1 Å². The SMILES string of the molecule is CCOC(=N)c1ccc(C)c(F)c1. The Balaban J connectivity index is 2.90. The molecule has 13 heavy (non-hydrogen) atoms. The molecule has 2 nitrogen and oxygen atoms in total. The van der Waals surface area contributed by atoms with Gasteiger partial charge in [-0.15, -0.1) is 0 Å². The highest BCUT2D eigenvalue weighted by Crippen LogP contribution is 2.09. The van der Waals surface area contributed by atoms with Crippen LogP contribution in [0.4, 0.5) is 4.39 Å². The zero-order valence-corrected chi connectivity index (χ0v) is 7.73. The summed E-state index contributed by atoms with van der Waals surface area (Å²) < 4.78 is 18.0. The van der Waals surface area contributed by atoms with Gasteiger partial charge in [-0.1, -0.05) is 6.07 Å². The summed E-state index contributed by atoms with van der Waals surface area (Å²) in [7, 11) is 0. The van der Waals surface area contributed by atoms with Crippen LogP contribution in [0, 0.1) is 18.2 Å². The minimum Gasteiger partial charge on any atom is -0.478 e. The molecule has 1 rings (SSSR count). The van der Waals surface area contributed by atoms with E-state index in [1.54, 1.807) is 26.0 Å². The summed E-state index contributed by atoms with van der Waals surface area (Å²) in [5.74, 6) is -0.289. The number of hydrogen-bond donors (Lipinski definition) is 1. The topological polar surface area (TPSA) is 33.1 Å². The first-order chi connectivity index (χ1) is 6.15. The van der Waals surface area contributed by atoms with Crippen LogP contribution in [0.1, 0.15) is 18.1 Å². The third kappa shape index (κ3) is 2.28. The average molecular weight is 181 g/mol. The minimum absolute atomic E-state index is 0.0152. The molecule has 1 aromatic rings. The molecule has 0 aliphatic carbocycles. The van der Waals surface area contributed by atoms with Crippen molar-refractivity contribution in [3.63, 3.8) is 0 Å². The van der Waals surface area contributed by atoms with Crippen LogP contribution in [0.3, 0.4) is 0 Å². The molecule has 0 saturated heterocycles. The molecule has 0 atom stereocenters. The standard InChI is InChI=1S/C10H12FNO/c1-3-13-10(12)8-5-4-7(2)9(11)6-8/h4-6,12H,3H2,1-2H3. The van der Waals surface area contributed by atoms with Crippen molar-refractivity contribution in [2.45, 2.75) is 13.8 Å². The highest BCUT2D eigenvalue weighted by atomic mass is 19.1. The molecule has 1 N–H and O–H groups in total. The van der Waals surface area contributed by atoms with Gasteiger partial charge in [-0.3, -0.25) is 5.41 Å². The molecule has 1 aromatic carbocycles. The monoisotopic (exact) mass is 181 g/mol. The molecular formula is C10H12FNO. The predicted octanol–water partition coefficient (Wildman–Crippen LogP) is 2.50. The molecule has 0 aromatic heterocycles. The van der Waals surface area contributed by atoms with Crippen molar-refractivity contribution in [2.24, 2.45) is 0 Å². The first-order valence-corrected chi connectivity index (χ1v) is 4.13. The van der Waals surface area contributed by atoms with E-state index in [1.165, 1.54) is 6.07 Å². The van der Waals surface area contributed by atoms with Crippen LogP contribution >= 0.6 is 0 Å². The second-order valence-electron chi connectivity index (χ2n) is 2.73. The second kappa shape index (κ2) is 4.03. The molecule has 0 spiro atoms. The fourth-order valence-electron chi connectivity index (χ4n) is 0.962. The van der Waals surface area contributed by atoms with E-state index in [2.05, 4.69) is 0 Å². The molecule has 0 unspecified atom stereocenters. The van der Waals surface area contributed by atoms with E-state index in [0.29, 0.717) is 17.7 Å². The maximum absolute atomic E-state index is 13.0. The summed E-state index contributed by atoms with van der Waals surface area (Å²) >= 11 is 0. The quantitative estimate of drug-likeness (QED) is 0.552. The van der Waals surface area contributed by atoms with Gasteiger partial charge in [0.25, 0.3) is 0 Å². The number of rotatable bonds is 2. The van der Waals surface area contributed by atoms with E-state index in [-0.39, 0.29) is 11.7 Å². The third-order valence-electron chi connectivity index (χ3n) is 1.72. The van der Waals surface area contributed by atoms with Gasteiger partial charge in [-0.05, 0) is 31.5 Å². The molecule has 0 fully saturated rings. The molecule has 70 valence electrons. The maximum Gasteiger partial charge on any atom is 0.213 e. The predicted molar refractivity (Wildman–Crippen MR) is 49.6 cm³/mol. The second-order valence-corrected chi connectivity index (χ2v) is 2.73. The fourth-order valence-corrected chi connectivity index (χ4v) is 0.962. The average Bonchev–Trinajstić information content (AvgIpc) is 2.10. The Morgan fingerprint density at radius 1 is 1.54 bits per heavy atom. The van der Waals surface area contributed by atoms with Gasteiger partial charge in [0.15, 0.2) is 0 Å². The lowest BCUT2D eigenvalue weighted by atomic mass is 10.1. The minimum atomic E-state index is -0.304. The molecule has 3 heteroatoms. The van der Waals surface area contributed by atoms with Crippen molar-refractivity contribution >= 4 is 5.90 Å². The molecule has 0 aliphatic heterocycles. The smallest absolute Gasteiger partial charge is 0.213 e. The lowest BCUT2D eigenvalue weighted by Crippen LogP contribution is -2.05. The Hall–Kier alpha value is -1.38. The van der Waals surface area contributed by atoms with Gasteiger partial charge in [0, 0.05) is 5.56 Å². The lowest BCUT2D eigenvalue weighted by molar-refractivity contribution is 0.325. The summed E-state index contributed by atoms with van der Waals surface area (Å²) in [6, 6.07) is 4.63. The number of benzene rings is 1.